The third kappa shape index (κ3) is 2.17. The average molecular weight is 282 g/mol. The lowest BCUT2D eigenvalue weighted by molar-refractivity contribution is 0.0604. The minimum absolute atomic E-state index is 0.205. The maximum absolute atomic E-state index is 12.6. The Hall–Kier alpha value is -2.36. The fourth-order valence-corrected chi connectivity index (χ4v) is 2.77. The summed E-state index contributed by atoms with van der Waals surface area (Å²) in [6.45, 7) is 4.59. The molecule has 0 aliphatic carbocycles. The van der Waals surface area contributed by atoms with E-state index in [1.165, 1.54) is 4.90 Å². The van der Waals surface area contributed by atoms with Crippen LogP contribution in [0.3, 0.4) is 0 Å². The van der Waals surface area contributed by atoms with E-state index in [1.54, 1.807) is 18.2 Å². The van der Waals surface area contributed by atoms with Crippen molar-refractivity contribution in [3.63, 3.8) is 0 Å². The molecule has 3 rings (SSSR count). The molecule has 0 saturated heterocycles. The summed E-state index contributed by atoms with van der Waals surface area (Å²) in [5.74, 6) is -0.0104. The van der Waals surface area contributed by atoms with Gasteiger partial charge in [-0.05, 0) is 35.9 Å². The maximum Gasteiger partial charge on any atom is 0.261 e. The summed E-state index contributed by atoms with van der Waals surface area (Å²) in [6, 6.07) is 8.95. The molecule has 0 unspecified atom stereocenters. The Labute approximate surface area is 123 Å². The number of carbonyl (C=O) groups is 2. The van der Waals surface area contributed by atoms with E-state index in [2.05, 4.69) is 13.8 Å². The van der Waals surface area contributed by atoms with Crippen molar-refractivity contribution in [1.82, 2.24) is 4.90 Å². The number of nitrogens with zero attached hydrogens (tertiary/aromatic N) is 1. The molecule has 1 aliphatic heterocycles. The van der Waals surface area contributed by atoms with Gasteiger partial charge in [-0.2, -0.15) is 0 Å². The fraction of sp³-hybridized carbons (Fsp3) is 0.294. The largest absolute Gasteiger partial charge is 0.399 e. The van der Waals surface area contributed by atoms with Gasteiger partial charge in [0.1, 0.15) is 0 Å². The second-order valence-electron chi connectivity index (χ2n) is 5.92. The monoisotopic (exact) mass is 282 g/mol. The van der Waals surface area contributed by atoms with Crippen LogP contribution in [0, 0.1) is 5.92 Å². The number of nitrogens with two attached hydrogens (primary N) is 1. The number of rotatable bonds is 3. The minimum atomic E-state index is -0.239. The molecule has 2 amide bonds. The topological polar surface area (TPSA) is 63.4 Å². The van der Waals surface area contributed by atoms with Crippen LogP contribution in [0.15, 0.2) is 30.3 Å². The van der Waals surface area contributed by atoms with E-state index in [-0.39, 0.29) is 11.8 Å². The van der Waals surface area contributed by atoms with E-state index >= 15 is 0 Å². The van der Waals surface area contributed by atoms with Gasteiger partial charge in [0.2, 0.25) is 0 Å². The van der Waals surface area contributed by atoms with E-state index in [1.807, 2.05) is 12.1 Å². The zero-order valence-corrected chi connectivity index (χ0v) is 12.2. The standard InChI is InChI=1S/C17H18N2O2/c1-10(2)6-7-19-16(20)13-5-3-4-11-8-12(18)9-14(15(11)13)17(19)21/h3-5,8-10H,6-7,18H2,1-2H3. The van der Waals surface area contributed by atoms with Gasteiger partial charge in [0.25, 0.3) is 11.8 Å². The van der Waals surface area contributed by atoms with E-state index in [0.29, 0.717) is 29.3 Å². The summed E-state index contributed by atoms with van der Waals surface area (Å²) < 4.78 is 0. The van der Waals surface area contributed by atoms with Crippen LogP contribution in [0.1, 0.15) is 41.0 Å². The fourth-order valence-electron chi connectivity index (χ4n) is 2.77. The van der Waals surface area contributed by atoms with E-state index in [9.17, 15) is 9.59 Å². The molecule has 2 aromatic rings. The van der Waals surface area contributed by atoms with Crippen LogP contribution in [0.25, 0.3) is 10.8 Å². The molecule has 0 radical (unpaired) electrons. The number of nitrogen functional groups attached to an aromatic ring is 1. The van der Waals surface area contributed by atoms with Gasteiger partial charge in [0.15, 0.2) is 0 Å². The molecule has 0 aromatic heterocycles. The highest BCUT2D eigenvalue weighted by Gasteiger charge is 2.32. The van der Waals surface area contributed by atoms with Crippen molar-refractivity contribution in [2.75, 3.05) is 12.3 Å². The maximum atomic E-state index is 12.6. The molecule has 0 spiro atoms. The van der Waals surface area contributed by atoms with Gasteiger partial charge in [0, 0.05) is 23.2 Å². The summed E-state index contributed by atoms with van der Waals surface area (Å²) in [6.07, 6.45) is 0.797. The third-order valence-corrected chi connectivity index (χ3v) is 3.88. The van der Waals surface area contributed by atoms with E-state index in [0.717, 1.165) is 17.2 Å². The molecule has 4 nitrogen and oxygen atoms in total. The predicted molar refractivity (Wildman–Crippen MR) is 83.2 cm³/mol. The van der Waals surface area contributed by atoms with Gasteiger partial charge in [-0.25, -0.2) is 0 Å². The molecule has 1 heterocycles. The highest BCUT2D eigenvalue weighted by Crippen LogP contribution is 2.32. The number of hydrogen-bond donors (Lipinski definition) is 1. The number of carbonyl (C=O) groups excluding carboxylic acids is 2. The van der Waals surface area contributed by atoms with Gasteiger partial charge in [0.05, 0.1) is 5.56 Å². The Bertz CT molecular complexity index is 750. The number of anilines is 1. The zero-order valence-electron chi connectivity index (χ0n) is 12.2. The van der Waals surface area contributed by atoms with Crippen LogP contribution in [-0.4, -0.2) is 23.3 Å². The Morgan fingerprint density at radius 3 is 2.52 bits per heavy atom. The van der Waals surface area contributed by atoms with Crippen molar-refractivity contribution >= 4 is 28.3 Å². The van der Waals surface area contributed by atoms with Gasteiger partial charge in [-0.1, -0.05) is 26.0 Å². The van der Waals surface area contributed by atoms with Gasteiger partial charge >= 0.3 is 0 Å². The average Bonchev–Trinajstić information content (AvgIpc) is 2.43. The Balaban J connectivity index is 2.15. The van der Waals surface area contributed by atoms with E-state index < -0.39 is 0 Å². The molecular weight excluding hydrogens is 264 g/mol. The van der Waals surface area contributed by atoms with Crippen LogP contribution < -0.4 is 5.73 Å². The number of imide groups is 1. The highest BCUT2D eigenvalue weighted by atomic mass is 16.2. The van der Waals surface area contributed by atoms with Crippen molar-refractivity contribution in [2.24, 2.45) is 5.92 Å². The lowest BCUT2D eigenvalue weighted by atomic mass is 9.93. The second-order valence-corrected chi connectivity index (χ2v) is 5.92. The van der Waals surface area contributed by atoms with Crippen molar-refractivity contribution in [1.29, 1.82) is 0 Å². The smallest absolute Gasteiger partial charge is 0.261 e. The number of benzene rings is 2. The zero-order chi connectivity index (χ0) is 15.1. The molecule has 2 aromatic carbocycles. The first kappa shape index (κ1) is 13.6. The first-order valence-electron chi connectivity index (χ1n) is 7.17. The van der Waals surface area contributed by atoms with Crippen LogP contribution in [0.2, 0.25) is 0 Å². The lowest BCUT2D eigenvalue weighted by Crippen LogP contribution is -2.41. The Morgan fingerprint density at radius 1 is 1.10 bits per heavy atom. The highest BCUT2D eigenvalue weighted by molar-refractivity contribution is 6.25. The summed E-state index contributed by atoms with van der Waals surface area (Å²) >= 11 is 0. The van der Waals surface area contributed by atoms with Crippen molar-refractivity contribution in [3.8, 4) is 0 Å². The third-order valence-electron chi connectivity index (χ3n) is 3.88. The first-order chi connectivity index (χ1) is 9.99. The van der Waals surface area contributed by atoms with Gasteiger partial charge in [-0.15, -0.1) is 0 Å². The SMILES string of the molecule is CC(C)CCN1C(=O)c2cccc3cc(N)cc(c23)C1=O. The van der Waals surface area contributed by atoms with Crippen molar-refractivity contribution < 1.29 is 9.59 Å². The first-order valence-corrected chi connectivity index (χ1v) is 7.17. The van der Waals surface area contributed by atoms with Crippen LogP contribution in [0.5, 0.6) is 0 Å². The molecular formula is C17H18N2O2. The minimum Gasteiger partial charge on any atom is -0.399 e. The van der Waals surface area contributed by atoms with Gasteiger partial charge in [-0.3, -0.25) is 14.5 Å². The lowest BCUT2D eigenvalue weighted by Gasteiger charge is -2.28. The Morgan fingerprint density at radius 2 is 1.81 bits per heavy atom. The summed E-state index contributed by atoms with van der Waals surface area (Å²) in [4.78, 5) is 26.6. The van der Waals surface area contributed by atoms with Crippen LogP contribution in [0.4, 0.5) is 5.69 Å². The molecule has 108 valence electrons. The van der Waals surface area contributed by atoms with Crippen molar-refractivity contribution in [3.05, 3.63) is 41.5 Å². The summed E-state index contributed by atoms with van der Waals surface area (Å²) in [5.41, 5.74) is 7.55. The quantitative estimate of drug-likeness (QED) is 0.695. The molecule has 4 heteroatoms. The predicted octanol–water partition coefficient (Wildman–Crippen LogP) is 3.06. The number of amides is 2. The molecule has 0 fully saturated rings. The molecule has 0 atom stereocenters. The number of hydrogen-bond acceptors (Lipinski definition) is 3. The summed E-state index contributed by atoms with van der Waals surface area (Å²) in [5, 5.41) is 1.57. The summed E-state index contributed by atoms with van der Waals surface area (Å²) in [7, 11) is 0. The molecule has 2 N–H and O–H groups in total. The van der Waals surface area contributed by atoms with Crippen molar-refractivity contribution in [2.45, 2.75) is 20.3 Å². The van der Waals surface area contributed by atoms with Crippen LogP contribution >= 0.6 is 0 Å². The molecule has 1 aliphatic rings. The van der Waals surface area contributed by atoms with E-state index in [4.69, 9.17) is 5.73 Å². The molecule has 0 saturated carbocycles. The van der Waals surface area contributed by atoms with Gasteiger partial charge < -0.3 is 5.73 Å². The normalized spacial score (nSPS) is 14.3. The van der Waals surface area contributed by atoms with Crippen LogP contribution in [-0.2, 0) is 0 Å². The Kier molecular flexibility index (Phi) is 3.16. The second kappa shape index (κ2) is 4.88. The molecule has 21 heavy (non-hydrogen) atoms. The molecule has 0 bridgehead atoms.